The maximum atomic E-state index is 9.71. The van der Waals surface area contributed by atoms with E-state index in [1.165, 1.54) is 0 Å². The second-order valence-electron chi connectivity index (χ2n) is 3.33. The van der Waals surface area contributed by atoms with Gasteiger partial charge in [0.25, 0.3) is 0 Å². The van der Waals surface area contributed by atoms with Gasteiger partial charge < -0.3 is 9.84 Å². The number of aliphatic hydroxyl groups excluding tert-OH is 1. The van der Waals surface area contributed by atoms with Gasteiger partial charge in [-0.2, -0.15) is 11.8 Å². The highest BCUT2D eigenvalue weighted by Crippen LogP contribution is 2.20. The van der Waals surface area contributed by atoms with Gasteiger partial charge in [-0.1, -0.05) is 0 Å². The van der Waals surface area contributed by atoms with Crippen LogP contribution in [0, 0.1) is 5.92 Å². The predicted molar refractivity (Wildman–Crippen MR) is 52.5 cm³/mol. The summed E-state index contributed by atoms with van der Waals surface area (Å²) in [6.07, 6.45) is 5.09. The molecule has 1 N–H and O–H groups in total. The van der Waals surface area contributed by atoms with Gasteiger partial charge in [-0.3, -0.25) is 0 Å². The van der Waals surface area contributed by atoms with Gasteiger partial charge >= 0.3 is 0 Å². The van der Waals surface area contributed by atoms with E-state index in [2.05, 4.69) is 6.26 Å². The Labute approximate surface area is 78.7 Å². The Bertz CT molecular complexity index is 113. The zero-order valence-corrected chi connectivity index (χ0v) is 8.48. The van der Waals surface area contributed by atoms with Crippen molar-refractivity contribution in [1.82, 2.24) is 0 Å². The molecule has 2 nitrogen and oxygen atoms in total. The van der Waals surface area contributed by atoms with Crippen molar-refractivity contribution in [2.75, 3.05) is 25.2 Å². The molecular weight excluding hydrogens is 172 g/mol. The Morgan fingerprint density at radius 2 is 2.50 bits per heavy atom. The topological polar surface area (TPSA) is 29.5 Å². The minimum atomic E-state index is -0.141. The lowest BCUT2D eigenvalue weighted by Crippen LogP contribution is -2.29. The molecule has 1 heterocycles. The molecule has 1 aliphatic rings. The summed E-state index contributed by atoms with van der Waals surface area (Å²) in [4.78, 5) is 0. The minimum Gasteiger partial charge on any atom is -0.393 e. The molecule has 1 fully saturated rings. The first-order valence-corrected chi connectivity index (χ1v) is 5.98. The predicted octanol–water partition coefficient (Wildman–Crippen LogP) is 1.53. The summed E-state index contributed by atoms with van der Waals surface area (Å²) >= 11 is 1.79. The van der Waals surface area contributed by atoms with Crippen LogP contribution in [0.25, 0.3) is 0 Å². The van der Waals surface area contributed by atoms with Crippen molar-refractivity contribution in [3.63, 3.8) is 0 Å². The van der Waals surface area contributed by atoms with Gasteiger partial charge in [0, 0.05) is 12.5 Å². The highest BCUT2D eigenvalue weighted by Gasteiger charge is 2.21. The molecule has 1 rings (SSSR count). The standard InChI is InChI=1S/C9H18O2S/c1-12-6-4-9(10)8-3-2-5-11-7-8/h8-10H,2-7H2,1H3. The average molecular weight is 190 g/mol. The summed E-state index contributed by atoms with van der Waals surface area (Å²) in [6.45, 7) is 1.64. The molecule has 2 unspecified atom stereocenters. The van der Waals surface area contributed by atoms with Crippen molar-refractivity contribution in [2.45, 2.75) is 25.4 Å². The van der Waals surface area contributed by atoms with E-state index < -0.39 is 0 Å². The lowest BCUT2D eigenvalue weighted by Gasteiger charge is -2.26. The van der Waals surface area contributed by atoms with Crippen LogP contribution in [0.5, 0.6) is 0 Å². The first-order valence-electron chi connectivity index (χ1n) is 4.59. The molecule has 0 aliphatic carbocycles. The molecule has 12 heavy (non-hydrogen) atoms. The fourth-order valence-corrected chi connectivity index (χ4v) is 2.02. The summed E-state index contributed by atoms with van der Waals surface area (Å²) in [7, 11) is 0. The maximum absolute atomic E-state index is 9.71. The number of rotatable bonds is 4. The van der Waals surface area contributed by atoms with Crippen LogP contribution in [0.4, 0.5) is 0 Å². The quantitative estimate of drug-likeness (QED) is 0.729. The molecule has 0 saturated carbocycles. The summed E-state index contributed by atoms with van der Waals surface area (Å²) in [5, 5.41) is 9.71. The Hall–Kier alpha value is 0.270. The minimum absolute atomic E-state index is 0.141. The van der Waals surface area contributed by atoms with Crippen molar-refractivity contribution in [1.29, 1.82) is 0 Å². The lowest BCUT2D eigenvalue weighted by atomic mass is 9.94. The van der Waals surface area contributed by atoms with Crippen LogP contribution in [0.1, 0.15) is 19.3 Å². The first-order chi connectivity index (χ1) is 5.84. The van der Waals surface area contributed by atoms with Gasteiger partial charge in [0.05, 0.1) is 12.7 Å². The Kier molecular flexibility index (Phi) is 5.04. The number of hydrogen-bond donors (Lipinski definition) is 1. The molecule has 0 spiro atoms. The van der Waals surface area contributed by atoms with Gasteiger partial charge in [0.2, 0.25) is 0 Å². The smallest absolute Gasteiger partial charge is 0.0598 e. The Morgan fingerprint density at radius 3 is 3.08 bits per heavy atom. The van der Waals surface area contributed by atoms with Crippen LogP contribution in [0.3, 0.4) is 0 Å². The molecule has 3 heteroatoms. The zero-order chi connectivity index (χ0) is 8.81. The third kappa shape index (κ3) is 3.33. The second-order valence-corrected chi connectivity index (χ2v) is 4.31. The number of ether oxygens (including phenoxy) is 1. The zero-order valence-electron chi connectivity index (χ0n) is 7.66. The lowest BCUT2D eigenvalue weighted by molar-refractivity contribution is -0.00953. The van der Waals surface area contributed by atoms with E-state index in [0.29, 0.717) is 5.92 Å². The van der Waals surface area contributed by atoms with Gasteiger partial charge in [0.1, 0.15) is 0 Å². The van der Waals surface area contributed by atoms with Crippen LogP contribution in [0.15, 0.2) is 0 Å². The van der Waals surface area contributed by atoms with Crippen molar-refractivity contribution < 1.29 is 9.84 Å². The summed E-state index contributed by atoms with van der Waals surface area (Å²) in [5.74, 6) is 1.45. The van der Waals surface area contributed by atoms with Crippen LogP contribution >= 0.6 is 11.8 Å². The monoisotopic (exact) mass is 190 g/mol. The number of hydrogen-bond acceptors (Lipinski definition) is 3. The van der Waals surface area contributed by atoms with E-state index in [9.17, 15) is 5.11 Å². The molecule has 0 aromatic rings. The number of aliphatic hydroxyl groups is 1. The molecule has 0 amide bonds. The van der Waals surface area contributed by atoms with E-state index in [-0.39, 0.29) is 6.10 Å². The highest BCUT2D eigenvalue weighted by molar-refractivity contribution is 7.98. The molecule has 0 aromatic heterocycles. The van der Waals surface area contributed by atoms with Gasteiger partial charge in [0.15, 0.2) is 0 Å². The fourth-order valence-electron chi connectivity index (χ4n) is 1.54. The average Bonchev–Trinajstić information content (AvgIpc) is 2.15. The molecule has 1 saturated heterocycles. The normalized spacial score (nSPS) is 27.0. The molecule has 72 valence electrons. The van der Waals surface area contributed by atoms with Crippen LogP contribution in [-0.2, 0) is 4.74 Å². The van der Waals surface area contributed by atoms with Crippen LogP contribution in [-0.4, -0.2) is 36.4 Å². The fraction of sp³-hybridized carbons (Fsp3) is 1.00. The summed E-state index contributed by atoms with van der Waals surface area (Å²) in [6, 6.07) is 0. The van der Waals surface area contributed by atoms with Crippen LogP contribution < -0.4 is 0 Å². The van der Waals surface area contributed by atoms with Gasteiger partial charge in [-0.25, -0.2) is 0 Å². The first kappa shape index (κ1) is 10.4. The molecule has 2 atom stereocenters. The molecule has 0 radical (unpaired) electrons. The third-order valence-corrected chi connectivity index (χ3v) is 3.00. The van der Waals surface area contributed by atoms with E-state index >= 15 is 0 Å². The SMILES string of the molecule is CSCCC(O)C1CCCOC1. The second kappa shape index (κ2) is 5.84. The Balaban J connectivity index is 2.15. The molecule has 0 bridgehead atoms. The summed E-state index contributed by atoms with van der Waals surface area (Å²) in [5.41, 5.74) is 0. The third-order valence-electron chi connectivity index (χ3n) is 2.36. The Morgan fingerprint density at radius 1 is 1.67 bits per heavy atom. The largest absolute Gasteiger partial charge is 0.393 e. The molecule has 1 aliphatic heterocycles. The van der Waals surface area contributed by atoms with Crippen molar-refractivity contribution in [3.05, 3.63) is 0 Å². The van der Waals surface area contributed by atoms with E-state index in [1.54, 1.807) is 11.8 Å². The molecular formula is C9H18O2S. The number of thioether (sulfide) groups is 1. The van der Waals surface area contributed by atoms with Crippen molar-refractivity contribution in [3.8, 4) is 0 Å². The van der Waals surface area contributed by atoms with E-state index in [1.807, 2.05) is 0 Å². The van der Waals surface area contributed by atoms with E-state index in [4.69, 9.17) is 4.74 Å². The highest BCUT2D eigenvalue weighted by atomic mass is 32.2. The van der Waals surface area contributed by atoms with Gasteiger partial charge in [-0.15, -0.1) is 0 Å². The van der Waals surface area contributed by atoms with Crippen molar-refractivity contribution >= 4 is 11.8 Å². The van der Waals surface area contributed by atoms with Crippen LogP contribution in [0.2, 0.25) is 0 Å². The summed E-state index contributed by atoms with van der Waals surface area (Å²) < 4.78 is 5.32. The maximum Gasteiger partial charge on any atom is 0.0598 e. The van der Waals surface area contributed by atoms with Crippen molar-refractivity contribution in [2.24, 2.45) is 5.92 Å². The molecule has 0 aromatic carbocycles. The van der Waals surface area contributed by atoms with Gasteiger partial charge in [-0.05, 0) is 31.3 Å². The van der Waals surface area contributed by atoms with E-state index in [0.717, 1.165) is 38.2 Å².